The number of nitrogens with one attached hydrogen (secondary N) is 1. The molecular weight excluding hydrogens is 302 g/mol. The Kier molecular flexibility index (Phi) is 5.11. The summed E-state index contributed by atoms with van der Waals surface area (Å²) in [6.07, 6.45) is 4.18. The number of benzene rings is 2. The molecular formula is C19H21N3O2. The van der Waals surface area contributed by atoms with Crippen molar-refractivity contribution in [2.24, 2.45) is 5.10 Å². The lowest BCUT2D eigenvalue weighted by Gasteiger charge is -2.17. The quantitative estimate of drug-likeness (QED) is 0.679. The fraction of sp³-hybridized carbons (Fsp3) is 0.263. The van der Waals surface area contributed by atoms with Crippen molar-refractivity contribution < 1.29 is 9.53 Å². The monoisotopic (exact) mass is 323 g/mol. The molecule has 1 amide bonds. The van der Waals surface area contributed by atoms with E-state index in [4.69, 9.17) is 4.74 Å². The largest absolute Gasteiger partial charge is 0.497 e. The van der Waals surface area contributed by atoms with E-state index in [2.05, 4.69) is 27.6 Å². The topological polar surface area (TPSA) is 53.9 Å². The summed E-state index contributed by atoms with van der Waals surface area (Å²) in [6, 6.07) is 15.1. The Morgan fingerprint density at radius 2 is 1.75 bits per heavy atom. The SMILES string of the molecule is COc1ccc(C(=O)N/N=C\c2ccc(N3CCCC3)cc2)cc1. The number of carbonyl (C=O) groups excluding carboxylic acids is 1. The average Bonchev–Trinajstić information content (AvgIpc) is 3.17. The maximum absolute atomic E-state index is 12.0. The van der Waals surface area contributed by atoms with Gasteiger partial charge in [0, 0.05) is 24.3 Å². The zero-order chi connectivity index (χ0) is 16.8. The van der Waals surface area contributed by atoms with E-state index in [9.17, 15) is 4.79 Å². The predicted molar refractivity (Wildman–Crippen MR) is 95.9 cm³/mol. The lowest BCUT2D eigenvalue weighted by Crippen LogP contribution is -2.18. The summed E-state index contributed by atoms with van der Waals surface area (Å²) in [7, 11) is 1.59. The van der Waals surface area contributed by atoms with Gasteiger partial charge in [0.1, 0.15) is 5.75 Å². The van der Waals surface area contributed by atoms with Gasteiger partial charge in [-0.15, -0.1) is 0 Å². The number of hydrogen-bond donors (Lipinski definition) is 1. The van der Waals surface area contributed by atoms with Gasteiger partial charge >= 0.3 is 0 Å². The molecule has 0 aliphatic carbocycles. The molecule has 1 heterocycles. The van der Waals surface area contributed by atoms with Gasteiger partial charge in [-0.1, -0.05) is 12.1 Å². The highest BCUT2D eigenvalue weighted by Gasteiger charge is 2.11. The standard InChI is InChI=1S/C19H21N3O2/c1-24-18-10-6-16(7-11-18)19(23)21-20-14-15-4-8-17(9-5-15)22-12-2-3-13-22/h4-11,14H,2-3,12-13H2,1H3,(H,21,23)/b20-14-. The fourth-order valence-corrected chi connectivity index (χ4v) is 2.72. The van der Waals surface area contributed by atoms with Crippen molar-refractivity contribution in [3.05, 3.63) is 59.7 Å². The Morgan fingerprint density at radius 1 is 1.08 bits per heavy atom. The van der Waals surface area contributed by atoms with Crippen LogP contribution in [0, 0.1) is 0 Å². The van der Waals surface area contributed by atoms with Gasteiger partial charge in [0.15, 0.2) is 0 Å². The number of amides is 1. The van der Waals surface area contributed by atoms with Gasteiger partial charge in [-0.25, -0.2) is 5.43 Å². The van der Waals surface area contributed by atoms with E-state index in [-0.39, 0.29) is 5.91 Å². The first-order chi connectivity index (χ1) is 11.8. The van der Waals surface area contributed by atoms with Crippen LogP contribution in [0.25, 0.3) is 0 Å². The molecule has 3 rings (SSSR count). The van der Waals surface area contributed by atoms with Crippen LogP contribution in [-0.2, 0) is 0 Å². The number of carbonyl (C=O) groups is 1. The van der Waals surface area contributed by atoms with Crippen LogP contribution in [0.3, 0.4) is 0 Å². The van der Waals surface area contributed by atoms with E-state index in [1.807, 2.05) is 12.1 Å². The minimum absolute atomic E-state index is 0.248. The molecule has 24 heavy (non-hydrogen) atoms. The van der Waals surface area contributed by atoms with Crippen LogP contribution >= 0.6 is 0 Å². The Balaban J connectivity index is 1.56. The van der Waals surface area contributed by atoms with Gasteiger partial charge in [-0.05, 0) is 54.8 Å². The van der Waals surface area contributed by atoms with Crippen molar-refractivity contribution in [2.45, 2.75) is 12.8 Å². The van der Waals surface area contributed by atoms with Crippen LogP contribution in [0.15, 0.2) is 53.6 Å². The molecule has 0 aromatic heterocycles. The molecule has 1 saturated heterocycles. The molecule has 1 aliphatic rings. The summed E-state index contributed by atoms with van der Waals surface area (Å²) in [5.41, 5.74) is 5.27. The average molecular weight is 323 g/mol. The first kappa shape index (κ1) is 16.1. The Morgan fingerprint density at radius 3 is 2.38 bits per heavy atom. The van der Waals surface area contributed by atoms with Crippen LogP contribution in [0.4, 0.5) is 5.69 Å². The van der Waals surface area contributed by atoms with Crippen molar-refractivity contribution >= 4 is 17.8 Å². The van der Waals surface area contributed by atoms with Gasteiger partial charge in [-0.3, -0.25) is 4.79 Å². The fourth-order valence-electron chi connectivity index (χ4n) is 2.72. The van der Waals surface area contributed by atoms with Gasteiger partial charge in [-0.2, -0.15) is 5.10 Å². The summed E-state index contributed by atoms with van der Waals surface area (Å²) >= 11 is 0. The number of rotatable bonds is 5. The molecule has 5 nitrogen and oxygen atoms in total. The third-order valence-electron chi connectivity index (χ3n) is 4.10. The molecule has 0 atom stereocenters. The van der Waals surface area contributed by atoms with Crippen LogP contribution in [0.2, 0.25) is 0 Å². The van der Waals surface area contributed by atoms with E-state index in [1.54, 1.807) is 37.6 Å². The summed E-state index contributed by atoms with van der Waals surface area (Å²) in [5.74, 6) is 0.468. The van der Waals surface area contributed by atoms with E-state index in [0.717, 1.165) is 18.7 Å². The molecule has 0 spiro atoms. The number of anilines is 1. The number of hydrogen-bond acceptors (Lipinski definition) is 4. The Bertz CT molecular complexity index is 702. The summed E-state index contributed by atoms with van der Waals surface area (Å²) in [4.78, 5) is 14.4. The minimum Gasteiger partial charge on any atom is -0.497 e. The molecule has 1 N–H and O–H groups in total. The number of methoxy groups -OCH3 is 1. The highest BCUT2D eigenvalue weighted by atomic mass is 16.5. The van der Waals surface area contributed by atoms with E-state index < -0.39 is 0 Å². The first-order valence-corrected chi connectivity index (χ1v) is 8.09. The van der Waals surface area contributed by atoms with E-state index in [0.29, 0.717) is 11.3 Å². The van der Waals surface area contributed by atoms with E-state index in [1.165, 1.54) is 18.5 Å². The molecule has 0 bridgehead atoms. The van der Waals surface area contributed by atoms with Crippen molar-refractivity contribution in [1.29, 1.82) is 0 Å². The highest BCUT2D eigenvalue weighted by Crippen LogP contribution is 2.19. The highest BCUT2D eigenvalue weighted by molar-refractivity contribution is 5.95. The summed E-state index contributed by atoms with van der Waals surface area (Å²) < 4.78 is 5.07. The molecule has 0 saturated carbocycles. The van der Waals surface area contributed by atoms with Gasteiger partial charge < -0.3 is 9.64 Å². The summed E-state index contributed by atoms with van der Waals surface area (Å²) in [5, 5.41) is 4.02. The molecule has 2 aromatic carbocycles. The smallest absolute Gasteiger partial charge is 0.271 e. The molecule has 124 valence electrons. The maximum atomic E-state index is 12.0. The van der Waals surface area contributed by atoms with Crippen molar-refractivity contribution in [3.8, 4) is 5.75 Å². The summed E-state index contributed by atoms with van der Waals surface area (Å²) in [6.45, 7) is 2.26. The zero-order valence-corrected chi connectivity index (χ0v) is 13.7. The Labute approximate surface area is 141 Å². The third kappa shape index (κ3) is 3.93. The van der Waals surface area contributed by atoms with Gasteiger partial charge in [0.05, 0.1) is 13.3 Å². The van der Waals surface area contributed by atoms with E-state index >= 15 is 0 Å². The minimum atomic E-state index is -0.248. The number of ether oxygens (including phenoxy) is 1. The number of hydrazone groups is 1. The van der Waals surface area contributed by atoms with Crippen molar-refractivity contribution in [3.63, 3.8) is 0 Å². The Hall–Kier alpha value is -2.82. The van der Waals surface area contributed by atoms with Crippen molar-refractivity contribution in [2.75, 3.05) is 25.1 Å². The van der Waals surface area contributed by atoms with Crippen LogP contribution in [-0.4, -0.2) is 32.3 Å². The second-order valence-electron chi connectivity index (χ2n) is 5.71. The normalized spacial score (nSPS) is 14.1. The second-order valence-corrected chi connectivity index (χ2v) is 5.71. The van der Waals surface area contributed by atoms with Gasteiger partial charge in [0.25, 0.3) is 5.91 Å². The van der Waals surface area contributed by atoms with Crippen LogP contribution in [0.1, 0.15) is 28.8 Å². The first-order valence-electron chi connectivity index (χ1n) is 8.09. The second kappa shape index (κ2) is 7.64. The predicted octanol–water partition coefficient (Wildman–Crippen LogP) is 3.06. The maximum Gasteiger partial charge on any atom is 0.271 e. The lowest BCUT2D eigenvalue weighted by atomic mass is 10.2. The molecule has 5 heteroatoms. The zero-order valence-electron chi connectivity index (χ0n) is 13.7. The molecule has 1 aliphatic heterocycles. The van der Waals surface area contributed by atoms with Crippen LogP contribution in [0.5, 0.6) is 5.75 Å². The molecule has 2 aromatic rings. The van der Waals surface area contributed by atoms with Crippen LogP contribution < -0.4 is 15.1 Å². The molecule has 0 unspecified atom stereocenters. The molecule has 1 fully saturated rings. The van der Waals surface area contributed by atoms with Crippen molar-refractivity contribution in [1.82, 2.24) is 5.43 Å². The third-order valence-corrected chi connectivity index (χ3v) is 4.10. The number of nitrogens with zero attached hydrogens (tertiary/aromatic N) is 2. The molecule has 0 radical (unpaired) electrons. The lowest BCUT2D eigenvalue weighted by molar-refractivity contribution is 0.0955. The van der Waals surface area contributed by atoms with Gasteiger partial charge in [0.2, 0.25) is 0 Å².